The number of rotatable bonds is 7. The third-order valence-corrected chi connectivity index (χ3v) is 4.61. The van der Waals surface area contributed by atoms with E-state index in [0.717, 1.165) is 5.56 Å². The van der Waals surface area contributed by atoms with Gasteiger partial charge < -0.3 is 15.1 Å². The van der Waals surface area contributed by atoms with Crippen molar-refractivity contribution >= 4 is 28.3 Å². The van der Waals surface area contributed by atoms with Crippen molar-refractivity contribution in [3.8, 4) is 0 Å². The van der Waals surface area contributed by atoms with Gasteiger partial charge in [-0.15, -0.1) is 12.4 Å². The highest BCUT2D eigenvalue weighted by Gasteiger charge is 2.24. The average Bonchev–Trinajstić information content (AvgIpc) is 2.94. The minimum atomic E-state index is -3.93. The van der Waals surface area contributed by atoms with E-state index in [-0.39, 0.29) is 28.8 Å². The molecule has 1 amide bonds. The Bertz CT molecular complexity index is 806. The summed E-state index contributed by atoms with van der Waals surface area (Å²) in [4.78, 5) is 14.0. The smallest absolute Gasteiger partial charge is 0.289 e. The molecule has 0 aliphatic rings. The van der Waals surface area contributed by atoms with Gasteiger partial charge in [0.05, 0.1) is 0 Å². The van der Waals surface area contributed by atoms with E-state index in [4.69, 9.17) is 15.3 Å². The molecule has 4 N–H and O–H groups in total. The average molecular weight is 388 g/mol. The fraction of sp³-hybridized carbons (Fsp3) is 0.312. The van der Waals surface area contributed by atoms with Gasteiger partial charge in [-0.25, -0.2) is 13.6 Å². The maximum absolute atomic E-state index is 12.6. The molecule has 2 rings (SSSR count). The fourth-order valence-electron chi connectivity index (χ4n) is 2.39. The van der Waals surface area contributed by atoms with Crippen molar-refractivity contribution in [2.45, 2.75) is 18.2 Å². The highest BCUT2D eigenvalue weighted by molar-refractivity contribution is 7.89. The second-order valence-electron chi connectivity index (χ2n) is 5.39. The Kier molecular flexibility index (Phi) is 7.62. The number of aryl methyl sites for hydroxylation is 1. The number of carbonyl (C=O) groups excluding carboxylic acids is 1. The minimum absolute atomic E-state index is 0. The van der Waals surface area contributed by atoms with E-state index in [1.807, 2.05) is 30.3 Å². The molecule has 1 aromatic carbocycles. The maximum Gasteiger partial charge on any atom is 0.289 e. The molecule has 0 fully saturated rings. The van der Waals surface area contributed by atoms with E-state index < -0.39 is 15.9 Å². The van der Waals surface area contributed by atoms with Crippen molar-refractivity contribution in [1.29, 1.82) is 0 Å². The summed E-state index contributed by atoms with van der Waals surface area (Å²) >= 11 is 0. The van der Waals surface area contributed by atoms with Gasteiger partial charge in [-0.1, -0.05) is 30.3 Å². The van der Waals surface area contributed by atoms with Crippen molar-refractivity contribution in [2.75, 3.05) is 19.6 Å². The zero-order valence-corrected chi connectivity index (χ0v) is 15.5. The molecule has 138 valence electrons. The predicted molar refractivity (Wildman–Crippen MR) is 97.2 cm³/mol. The Morgan fingerprint density at radius 1 is 1.20 bits per heavy atom. The summed E-state index contributed by atoms with van der Waals surface area (Å²) in [5.74, 6) is -0.371. The van der Waals surface area contributed by atoms with Crippen LogP contribution in [0.2, 0.25) is 0 Å². The molecular formula is C16H22ClN3O4S. The quantitative estimate of drug-likeness (QED) is 0.741. The summed E-state index contributed by atoms with van der Waals surface area (Å²) in [6.07, 6.45) is 0.661. The Balaban J connectivity index is 0.00000312. The van der Waals surface area contributed by atoms with Crippen molar-refractivity contribution < 1.29 is 17.6 Å². The first-order chi connectivity index (χ1) is 11.3. The normalized spacial score (nSPS) is 11.0. The van der Waals surface area contributed by atoms with Gasteiger partial charge in [-0.3, -0.25) is 4.79 Å². The summed E-state index contributed by atoms with van der Waals surface area (Å²) in [6, 6.07) is 10.9. The number of furan rings is 1. The van der Waals surface area contributed by atoms with Crippen molar-refractivity contribution in [1.82, 2.24) is 4.90 Å². The van der Waals surface area contributed by atoms with Crippen molar-refractivity contribution in [2.24, 2.45) is 10.9 Å². The second-order valence-corrected chi connectivity index (χ2v) is 6.92. The topological polar surface area (TPSA) is 120 Å². The summed E-state index contributed by atoms with van der Waals surface area (Å²) in [7, 11) is -3.93. The molecule has 2 aromatic rings. The number of amides is 1. The van der Waals surface area contributed by atoms with Gasteiger partial charge in [0.2, 0.25) is 10.0 Å². The lowest BCUT2D eigenvalue weighted by molar-refractivity contribution is 0.0728. The van der Waals surface area contributed by atoms with Gasteiger partial charge in [0.1, 0.15) is 10.7 Å². The standard InChI is InChI=1S/C16H21N3O4S.ClH/c1-12-15(24(18,21)22)11-14(23-12)16(20)19(10-8-17)9-7-13-5-3-2-4-6-13;/h2-6,11H,7-10,17H2,1H3,(H2,18,21,22);1H. The van der Waals surface area contributed by atoms with Crippen LogP contribution in [0.3, 0.4) is 0 Å². The SMILES string of the molecule is Cc1oc(C(=O)N(CCN)CCc2ccccc2)cc1S(N)(=O)=O.Cl. The number of nitrogens with two attached hydrogens (primary N) is 2. The molecule has 0 aliphatic carbocycles. The Morgan fingerprint density at radius 3 is 2.36 bits per heavy atom. The minimum Gasteiger partial charge on any atom is -0.455 e. The molecule has 7 nitrogen and oxygen atoms in total. The third-order valence-electron chi connectivity index (χ3n) is 3.59. The molecule has 25 heavy (non-hydrogen) atoms. The van der Waals surface area contributed by atoms with Crippen LogP contribution in [0.25, 0.3) is 0 Å². The fourth-order valence-corrected chi connectivity index (χ4v) is 3.10. The molecule has 0 unspecified atom stereocenters. The zero-order chi connectivity index (χ0) is 17.7. The lowest BCUT2D eigenvalue weighted by atomic mass is 10.1. The first-order valence-corrected chi connectivity index (χ1v) is 9.04. The number of primary sulfonamides is 1. The number of hydrogen-bond acceptors (Lipinski definition) is 5. The molecule has 0 atom stereocenters. The van der Waals surface area contributed by atoms with Gasteiger partial charge in [0.25, 0.3) is 5.91 Å². The highest BCUT2D eigenvalue weighted by atomic mass is 35.5. The number of halogens is 1. The summed E-state index contributed by atoms with van der Waals surface area (Å²) in [5, 5.41) is 5.11. The zero-order valence-electron chi connectivity index (χ0n) is 13.8. The molecule has 1 aromatic heterocycles. The number of benzene rings is 1. The van der Waals surface area contributed by atoms with Crippen LogP contribution in [0.4, 0.5) is 0 Å². The monoisotopic (exact) mass is 387 g/mol. The Labute approximate surface area is 153 Å². The van der Waals surface area contributed by atoms with Gasteiger partial charge in [0, 0.05) is 25.7 Å². The first-order valence-electron chi connectivity index (χ1n) is 7.49. The third kappa shape index (κ3) is 5.57. The van der Waals surface area contributed by atoms with E-state index in [2.05, 4.69) is 0 Å². The van der Waals surface area contributed by atoms with Crippen molar-refractivity contribution in [3.63, 3.8) is 0 Å². The highest BCUT2D eigenvalue weighted by Crippen LogP contribution is 2.20. The number of sulfonamides is 1. The second kappa shape index (κ2) is 9.00. The largest absolute Gasteiger partial charge is 0.455 e. The van der Waals surface area contributed by atoms with Crippen LogP contribution in [0.15, 0.2) is 45.7 Å². The lowest BCUT2D eigenvalue weighted by Crippen LogP contribution is -2.36. The van der Waals surface area contributed by atoms with Gasteiger partial charge >= 0.3 is 0 Å². The number of carbonyl (C=O) groups is 1. The van der Waals surface area contributed by atoms with Crippen LogP contribution in [-0.4, -0.2) is 38.9 Å². The van der Waals surface area contributed by atoms with E-state index in [1.165, 1.54) is 17.9 Å². The summed E-state index contributed by atoms with van der Waals surface area (Å²) in [6.45, 7) is 2.54. The molecular weight excluding hydrogens is 366 g/mol. The molecule has 9 heteroatoms. The molecule has 0 saturated heterocycles. The van der Waals surface area contributed by atoms with Crippen LogP contribution in [0.5, 0.6) is 0 Å². The van der Waals surface area contributed by atoms with Crippen molar-refractivity contribution in [3.05, 3.63) is 53.5 Å². The Hall–Kier alpha value is -1.87. The van der Waals surface area contributed by atoms with Gasteiger partial charge in [-0.05, 0) is 18.9 Å². The van der Waals surface area contributed by atoms with Gasteiger partial charge in [0.15, 0.2) is 5.76 Å². The van der Waals surface area contributed by atoms with E-state index in [1.54, 1.807) is 0 Å². The number of nitrogens with zero attached hydrogens (tertiary/aromatic N) is 1. The van der Waals surface area contributed by atoms with Crippen LogP contribution in [0, 0.1) is 6.92 Å². The van der Waals surface area contributed by atoms with E-state index in [9.17, 15) is 13.2 Å². The molecule has 0 spiro atoms. The Morgan fingerprint density at radius 2 is 1.84 bits per heavy atom. The first kappa shape index (κ1) is 21.2. The summed E-state index contributed by atoms with van der Waals surface area (Å²) in [5.41, 5.74) is 6.67. The van der Waals surface area contributed by atoms with Crippen LogP contribution in [0.1, 0.15) is 21.9 Å². The van der Waals surface area contributed by atoms with E-state index in [0.29, 0.717) is 26.1 Å². The molecule has 0 radical (unpaired) electrons. The summed E-state index contributed by atoms with van der Waals surface area (Å²) < 4.78 is 28.2. The molecule has 1 heterocycles. The van der Waals surface area contributed by atoms with Crippen LogP contribution < -0.4 is 10.9 Å². The van der Waals surface area contributed by atoms with Gasteiger partial charge in [-0.2, -0.15) is 0 Å². The molecule has 0 bridgehead atoms. The molecule has 0 saturated carbocycles. The van der Waals surface area contributed by atoms with Crippen LogP contribution >= 0.6 is 12.4 Å². The number of hydrogen-bond donors (Lipinski definition) is 2. The maximum atomic E-state index is 12.6. The van der Waals surface area contributed by atoms with Crippen LogP contribution in [-0.2, 0) is 16.4 Å². The van der Waals surface area contributed by atoms with E-state index >= 15 is 0 Å². The predicted octanol–water partition coefficient (Wildman–Crippen LogP) is 1.30. The lowest BCUT2D eigenvalue weighted by Gasteiger charge is -2.20. The molecule has 0 aliphatic heterocycles.